The molecule has 0 aliphatic rings. The van der Waals surface area contributed by atoms with Crippen LogP contribution in [0, 0.1) is 0 Å². The van der Waals surface area contributed by atoms with Crippen LogP contribution in [0.25, 0.3) is 0 Å². The minimum Gasteiger partial charge on any atom is -0.497 e. The first-order chi connectivity index (χ1) is 11.2. The topological polar surface area (TPSA) is 60.5 Å². The number of carbonyl (C=O) groups excluding carboxylic acids is 1. The Morgan fingerprint density at radius 3 is 2.65 bits per heavy atom. The van der Waals surface area contributed by atoms with Gasteiger partial charge in [0.2, 0.25) is 0 Å². The highest BCUT2D eigenvalue weighted by Crippen LogP contribution is 2.24. The molecule has 3 rings (SSSR count). The molecule has 1 amide bonds. The first-order valence-corrected chi connectivity index (χ1v) is 7.75. The molecule has 116 valence electrons. The van der Waals surface area contributed by atoms with Gasteiger partial charge in [-0.05, 0) is 36.4 Å². The summed E-state index contributed by atoms with van der Waals surface area (Å²) in [7, 11) is 1.59. The zero-order valence-corrected chi connectivity index (χ0v) is 13.2. The maximum absolute atomic E-state index is 12.2. The Bertz CT molecular complexity index is 786. The largest absolute Gasteiger partial charge is 0.497 e. The summed E-state index contributed by atoms with van der Waals surface area (Å²) in [4.78, 5) is 16.3. The number of benzene rings is 2. The summed E-state index contributed by atoms with van der Waals surface area (Å²) in [5.74, 6) is 1.13. The lowest BCUT2D eigenvalue weighted by Crippen LogP contribution is -2.11. The van der Waals surface area contributed by atoms with Crippen LogP contribution in [0.2, 0.25) is 0 Å². The van der Waals surface area contributed by atoms with E-state index in [4.69, 9.17) is 9.47 Å². The number of ether oxygens (including phenoxy) is 2. The lowest BCUT2D eigenvalue weighted by Gasteiger charge is -2.07. The number of carbonyl (C=O) groups is 1. The van der Waals surface area contributed by atoms with Crippen LogP contribution in [0.3, 0.4) is 0 Å². The van der Waals surface area contributed by atoms with E-state index in [-0.39, 0.29) is 5.91 Å². The zero-order chi connectivity index (χ0) is 16.1. The normalized spacial score (nSPS) is 10.1. The van der Waals surface area contributed by atoms with E-state index in [1.165, 1.54) is 11.3 Å². The molecule has 0 saturated carbocycles. The molecule has 0 aliphatic heterocycles. The molecule has 2 aromatic carbocycles. The van der Waals surface area contributed by atoms with Gasteiger partial charge in [0, 0.05) is 28.9 Å². The van der Waals surface area contributed by atoms with E-state index < -0.39 is 0 Å². The Morgan fingerprint density at radius 1 is 1.13 bits per heavy atom. The van der Waals surface area contributed by atoms with Crippen LogP contribution < -0.4 is 14.8 Å². The lowest BCUT2D eigenvalue weighted by atomic mass is 10.2. The van der Waals surface area contributed by atoms with Crippen LogP contribution in [0.1, 0.15) is 10.4 Å². The molecule has 0 aliphatic carbocycles. The number of amides is 1. The maximum atomic E-state index is 12.2. The molecular formula is C17H14N2O3S. The lowest BCUT2D eigenvalue weighted by molar-refractivity contribution is 0.102. The zero-order valence-electron chi connectivity index (χ0n) is 12.4. The first kappa shape index (κ1) is 15.1. The Hall–Kier alpha value is -2.86. The molecule has 6 heteroatoms. The van der Waals surface area contributed by atoms with Crippen molar-refractivity contribution in [2.75, 3.05) is 12.4 Å². The van der Waals surface area contributed by atoms with E-state index in [2.05, 4.69) is 10.3 Å². The summed E-state index contributed by atoms with van der Waals surface area (Å²) < 4.78 is 10.7. The van der Waals surface area contributed by atoms with Crippen LogP contribution in [0.15, 0.2) is 60.1 Å². The number of thiazole rings is 1. The van der Waals surface area contributed by atoms with Crippen LogP contribution >= 0.6 is 11.3 Å². The SMILES string of the molecule is COc1cccc(NC(=O)c2ccc(Oc3nccs3)cc2)c1. The van der Waals surface area contributed by atoms with Gasteiger partial charge in [-0.15, -0.1) is 0 Å². The predicted molar refractivity (Wildman–Crippen MR) is 89.6 cm³/mol. The average Bonchev–Trinajstić information content (AvgIpc) is 3.08. The van der Waals surface area contributed by atoms with Gasteiger partial charge in [0.1, 0.15) is 11.5 Å². The maximum Gasteiger partial charge on any atom is 0.278 e. The Balaban J connectivity index is 1.67. The summed E-state index contributed by atoms with van der Waals surface area (Å²) in [5.41, 5.74) is 1.22. The Kier molecular flexibility index (Phi) is 4.54. The average molecular weight is 326 g/mol. The standard InChI is InChI=1S/C17H14N2O3S/c1-21-15-4-2-3-13(11-15)19-16(20)12-5-7-14(8-6-12)22-17-18-9-10-23-17/h2-11H,1H3,(H,19,20). The molecule has 0 fully saturated rings. The Labute approximate surface area is 137 Å². The second-order valence-electron chi connectivity index (χ2n) is 4.61. The van der Waals surface area contributed by atoms with Crippen LogP contribution in [0.5, 0.6) is 16.7 Å². The Morgan fingerprint density at radius 2 is 1.96 bits per heavy atom. The van der Waals surface area contributed by atoms with Crippen molar-refractivity contribution in [2.45, 2.75) is 0 Å². The van der Waals surface area contributed by atoms with E-state index in [1.54, 1.807) is 49.7 Å². The van der Waals surface area contributed by atoms with Gasteiger partial charge >= 0.3 is 0 Å². The van der Waals surface area contributed by atoms with E-state index in [1.807, 2.05) is 17.5 Å². The molecule has 0 bridgehead atoms. The van der Waals surface area contributed by atoms with Crippen molar-refractivity contribution >= 4 is 22.9 Å². The second-order valence-corrected chi connectivity index (χ2v) is 5.47. The van der Waals surface area contributed by atoms with Crippen molar-refractivity contribution in [1.29, 1.82) is 0 Å². The van der Waals surface area contributed by atoms with Gasteiger partial charge < -0.3 is 14.8 Å². The number of rotatable bonds is 5. The molecule has 0 spiro atoms. The molecule has 23 heavy (non-hydrogen) atoms. The van der Waals surface area contributed by atoms with Crippen molar-refractivity contribution in [3.63, 3.8) is 0 Å². The van der Waals surface area contributed by atoms with E-state index >= 15 is 0 Å². The highest BCUT2D eigenvalue weighted by atomic mass is 32.1. The van der Waals surface area contributed by atoms with Gasteiger partial charge in [0.25, 0.3) is 11.1 Å². The van der Waals surface area contributed by atoms with Crippen LogP contribution in [-0.4, -0.2) is 18.0 Å². The van der Waals surface area contributed by atoms with Crippen molar-refractivity contribution in [3.8, 4) is 16.7 Å². The number of methoxy groups -OCH3 is 1. The molecule has 0 atom stereocenters. The minimum atomic E-state index is -0.195. The van der Waals surface area contributed by atoms with Gasteiger partial charge in [-0.3, -0.25) is 4.79 Å². The van der Waals surface area contributed by atoms with Crippen LogP contribution in [-0.2, 0) is 0 Å². The van der Waals surface area contributed by atoms with Gasteiger partial charge in [-0.1, -0.05) is 17.4 Å². The fourth-order valence-corrected chi connectivity index (χ4v) is 2.44. The molecule has 1 N–H and O–H groups in total. The van der Waals surface area contributed by atoms with Gasteiger partial charge in [-0.2, -0.15) is 0 Å². The number of hydrogen-bond acceptors (Lipinski definition) is 5. The monoisotopic (exact) mass is 326 g/mol. The van der Waals surface area contributed by atoms with E-state index in [9.17, 15) is 4.79 Å². The molecule has 1 heterocycles. The van der Waals surface area contributed by atoms with E-state index in [0.29, 0.717) is 27.9 Å². The number of anilines is 1. The van der Waals surface area contributed by atoms with Gasteiger partial charge in [0.15, 0.2) is 0 Å². The second kappa shape index (κ2) is 6.93. The molecule has 0 unspecified atom stereocenters. The van der Waals surface area contributed by atoms with Gasteiger partial charge in [-0.25, -0.2) is 4.98 Å². The fourth-order valence-electron chi connectivity index (χ4n) is 1.94. The number of nitrogens with one attached hydrogen (secondary N) is 1. The van der Waals surface area contributed by atoms with Crippen molar-refractivity contribution < 1.29 is 14.3 Å². The summed E-state index contributed by atoms with van der Waals surface area (Å²) in [6.07, 6.45) is 1.68. The third-order valence-electron chi connectivity index (χ3n) is 3.06. The molecule has 0 radical (unpaired) electrons. The molecule has 1 aromatic heterocycles. The highest BCUT2D eigenvalue weighted by molar-refractivity contribution is 7.11. The smallest absolute Gasteiger partial charge is 0.278 e. The third-order valence-corrected chi connectivity index (χ3v) is 3.71. The molecular weight excluding hydrogens is 312 g/mol. The minimum absolute atomic E-state index is 0.195. The molecule has 3 aromatic rings. The first-order valence-electron chi connectivity index (χ1n) is 6.87. The van der Waals surface area contributed by atoms with E-state index in [0.717, 1.165) is 0 Å². The van der Waals surface area contributed by atoms with Gasteiger partial charge in [0.05, 0.1) is 7.11 Å². The predicted octanol–water partition coefficient (Wildman–Crippen LogP) is 4.20. The summed E-state index contributed by atoms with van der Waals surface area (Å²) >= 11 is 1.41. The molecule has 5 nitrogen and oxygen atoms in total. The number of hydrogen-bond donors (Lipinski definition) is 1. The van der Waals surface area contributed by atoms with Crippen molar-refractivity contribution in [2.24, 2.45) is 0 Å². The highest BCUT2D eigenvalue weighted by Gasteiger charge is 2.07. The fraction of sp³-hybridized carbons (Fsp3) is 0.0588. The third kappa shape index (κ3) is 3.87. The van der Waals surface area contributed by atoms with Crippen molar-refractivity contribution in [1.82, 2.24) is 4.98 Å². The number of nitrogens with zero attached hydrogens (tertiary/aromatic N) is 1. The summed E-state index contributed by atoms with van der Waals surface area (Å²) in [5, 5.41) is 5.23. The summed E-state index contributed by atoms with van der Waals surface area (Å²) in [6.45, 7) is 0. The summed E-state index contributed by atoms with van der Waals surface area (Å²) in [6, 6.07) is 14.1. The van der Waals surface area contributed by atoms with Crippen LogP contribution in [0.4, 0.5) is 5.69 Å². The van der Waals surface area contributed by atoms with Crippen molar-refractivity contribution in [3.05, 3.63) is 65.7 Å². The molecule has 0 saturated heterocycles. The number of aromatic nitrogens is 1. The quantitative estimate of drug-likeness (QED) is 0.763.